The number of para-hydroxylation sites is 1. The number of nitrogen functional groups attached to an aromatic ring is 1. The van der Waals surface area contributed by atoms with Crippen molar-refractivity contribution in [2.24, 2.45) is 0 Å². The molecule has 3 heterocycles. The summed E-state index contributed by atoms with van der Waals surface area (Å²) in [5.74, 6) is -1.08. The summed E-state index contributed by atoms with van der Waals surface area (Å²) in [6.07, 6.45) is 1.56. The van der Waals surface area contributed by atoms with Crippen molar-refractivity contribution in [3.8, 4) is 0 Å². The number of nitrogens with zero attached hydrogens (tertiary/aromatic N) is 3. The molecule has 0 fully saturated rings. The van der Waals surface area contributed by atoms with Gasteiger partial charge in [0.25, 0.3) is 0 Å². The van der Waals surface area contributed by atoms with Crippen LogP contribution < -0.4 is 5.73 Å². The van der Waals surface area contributed by atoms with Crippen LogP contribution in [0.5, 0.6) is 0 Å². The molecule has 0 aliphatic rings. The topological polar surface area (TPSA) is 136 Å². The van der Waals surface area contributed by atoms with Gasteiger partial charge in [0.2, 0.25) is 0 Å². The van der Waals surface area contributed by atoms with Crippen LogP contribution in [0, 0.1) is 6.92 Å². The molecule has 0 aliphatic heterocycles. The number of aromatic nitrogens is 3. The van der Waals surface area contributed by atoms with Crippen molar-refractivity contribution >= 4 is 56.2 Å². The molecule has 0 bridgehead atoms. The zero-order chi connectivity index (χ0) is 24.4. The lowest BCUT2D eigenvalue weighted by atomic mass is 10.2. The number of carbonyl (C=O) groups excluding carboxylic acids is 3. The van der Waals surface area contributed by atoms with Crippen LogP contribution in [-0.4, -0.2) is 46.2 Å². The predicted molar refractivity (Wildman–Crippen MR) is 126 cm³/mol. The normalized spacial score (nSPS) is 11.0. The van der Waals surface area contributed by atoms with E-state index in [1.165, 1.54) is 7.11 Å². The van der Waals surface area contributed by atoms with Crippen LogP contribution in [0.4, 0.5) is 5.82 Å². The smallest absolute Gasteiger partial charge is 0.348 e. The van der Waals surface area contributed by atoms with Gasteiger partial charge in [0.1, 0.15) is 22.1 Å². The predicted octanol–water partition coefficient (Wildman–Crippen LogP) is 3.24. The van der Waals surface area contributed by atoms with E-state index >= 15 is 0 Å². The Morgan fingerprint density at radius 1 is 1.12 bits per heavy atom. The van der Waals surface area contributed by atoms with Crippen molar-refractivity contribution in [1.82, 2.24) is 14.5 Å². The summed E-state index contributed by atoms with van der Waals surface area (Å²) in [7, 11) is 1.30. The maximum Gasteiger partial charge on any atom is 0.348 e. The summed E-state index contributed by atoms with van der Waals surface area (Å²) in [5, 5.41) is 1.26. The quantitative estimate of drug-likeness (QED) is 0.311. The van der Waals surface area contributed by atoms with Gasteiger partial charge in [-0.05, 0) is 25.5 Å². The van der Waals surface area contributed by atoms with Crippen LogP contribution in [0.2, 0.25) is 0 Å². The molecule has 1 aromatic carbocycles. The Morgan fingerprint density at radius 2 is 1.88 bits per heavy atom. The second-order valence-corrected chi connectivity index (χ2v) is 8.32. The van der Waals surface area contributed by atoms with Gasteiger partial charge in [0, 0.05) is 17.1 Å². The number of ether oxygens (including phenoxy) is 3. The van der Waals surface area contributed by atoms with Gasteiger partial charge in [-0.15, -0.1) is 11.3 Å². The Labute approximate surface area is 198 Å². The minimum absolute atomic E-state index is 0.125. The van der Waals surface area contributed by atoms with E-state index < -0.39 is 17.9 Å². The number of methoxy groups -OCH3 is 1. The van der Waals surface area contributed by atoms with Crippen LogP contribution in [-0.2, 0) is 32.2 Å². The fourth-order valence-electron chi connectivity index (χ4n) is 3.65. The number of hydrogen-bond acceptors (Lipinski definition) is 10. The zero-order valence-corrected chi connectivity index (χ0v) is 19.6. The van der Waals surface area contributed by atoms with Crippen molar-refractivity contribution in [2.45, 2.75) is 27.0 Å². The van der Waals surface area contributed by atoms with E-state index in [9.17, 15) is 14.4 Å². The third-order valence-corrected chi connectivity index (χ3v) is 6.35. The fraction of sp³-hybridized carbons (Fsp3) is 0.261. The van der Waals surface area contributed by atoms with Crippen LogP contribution >= 0.6 is 11.3 Å². The van der Waals surface area contributed by atoms with Gasteiger partial charge in [-0.25, -0.2) is 19.6 Å². The minimum Gasteiger partial charge on any atom is -0.465 e. The molecule has 11 heteroatoms. The Hall–Kier alpha value is -3.99. The fourth-order valence-corrected chi connectivity index (χ4v) is 4.75. The summed E-state index contributed by atoms with van der Waals surface area (Å²) in [4.78, 5) is 46.3. The molecule has 0 spiro atoms. The van der Waals surface area contributed by atoms with Crippen molar-refractivity contribution in [2.75, 3.05) is 19.5 Å². The number of thiophene rings is 1. The first-order valence-electron chi connectivity index (χ1n) is 10.4. The molecule has 34 heavy (non-hydrogen) atoms. The first kappa shape index (κ1) is 23.2. The largest absolute Gasteiger partial charge is 0.465 e. The molecule has 0 saturated heterocycles. The monoisotopic (exact) mass is 482 g/mol. The van der Waals surface area contributed by atoms with E-state index in [-0.39, 0.29) is 31.4 Å². The minimum atomic E-state index is -0.547. The van der Waals surface area contributed by atoms with Gasteiger partial charge in [0.05, 0.1) is 24.7 Å². The van der Waals surface area contributed by atoms with Gasteiger partial charge in [-0.3, -0.25) is 4.79 Å². The summed E-state index contributed by atoms with van der Waals surface area (Å²) >= 11 is 1.15. The Morgan fingerprint density at radius 3 is 2.62 bits per heavy atom. The number of anilines is 1. The number of hydrogen-bond donors (Lipinski definition) is 1. The van der Waals surface area contributed by atoms with Crippen molar-refractivity contribution < 1.29 is 28.6 Å². The number of rotatable bonds is 7. The lowest BCUT2D eigenvalue weighted by Gasteiger charge is -2.07. The van der Waals surface area contributed by atoms with Crippen LogP contribution in [0.3, 0.4) is 0 Å². The molecule has 3 aromatic heterocycles. The van der Waals surface area contributed by atoms with Crippen LogP contribution in [0.15, 0.2) is 30.5 Å². The second-order valence-electron chi connectivity index (χ2n) is 7.32. The SMILES string of the molecule is CCOC(=O)c1sc2nc(COC(=O)Cn3cc(C(=O)OC)c4ccccc43)nc(N)c2c1C. The number of aryl methyl sites for hydroxylation is 1. The van der Waals surface area contributed by atoms with E-state index in [2.05, 4.69) is 9.97 Å². The van der Waals surface area contributed by atoms with Gasteiger partial charge in [-0.1, -0.05) is 18.2 Å². The van der Waals surface area contributed by atoms with E-state index in [1.807, 2.05) is 6.07 Å². The lowest BCUT2D eigenvalue weighted by Crippen LogP contribution is -2.14. The van der Waals surface area contributed by atoms with E-state index in [0.717, 1.165) is 11.3 Å². The molecule has 0 radical (unpaired) electrons. The Kier molecular flexibility index (Phi) is 6.46. The average Bonchev–Trinajstić information content (AvgIpc) is 3.35. The van der Waals surface area contributed by atoms with E-state index in [4.69, 9.17) is 19.9 Å². The number of fused-ring (bicyclic) bond motifs is 2. The summed E-state index contributed by atoms with van der Waals surface area (Å²) < 4.78 is 16.9. The van der Waals surface area contributed by atoms with Crippen LogP contribution in [0.1, 0.15) is 38.3 Å². The molecule has 176 valence electrons. The molecule has 4 aromatic rings. The lowest BCUT2D eigenvalue weighted by molar-refractivity contribution is -0.145. The molecule has 2 N–H and O–H groups in total. The Bertz CT molecular complexity index is 1420. The van der Waals surface area contributed by atoms with Gasteiger partial charge >= 0.3 is 17.9 Å². The van der Waals surface area contributed by atoms with E-state index in [1.54, 1.807) is 42.8 Å². The molecule has 0 atom stereocenters. The second kappa shape index (κ2) is 9.48. The molecule has 0 aliphatic carbocycles. The standard InChI is InChI=1S/C23H22N4O6S/c1-4-32-23(30)19-12(2)18-20(24)25-16(26-21(18)34-19)11-33-17(28)10-27-9-14(22(29)31-3)13-7-5-6-8-15(13)27/h5-9H,4,10-11H2,1-3H3,(H2,24,25,26). The maximum absolute atomic E-state index is 12.5. The molecule has 0 amide bonds. The first-order valence-corrected chi connectivity index (χ1v) is 11.2. The van der Waals surface area contributed by atoms with Crippen molar-refractivity contribution in [1.29, 1.82) is 0 Å². The van der Waals surface area contributed by atoms with Crippen LogP contribution in [0.25, 0.3) is 21.1 Å². The zero-order valence-electron chi connectivity index (χ0n) is 18.8. The summed E-state index contributed by atoms with van der Waals surface area (Å²) in [6, 6.07) is 7.19. The first-order chi connectivity index (χ1) is 16.3. The third-order valence-electron chi connectivity index (χ3n) is 5.18. The van der Waals surface area contributed by atoms with Gasteiger partial charge in [-0.2, -0.15) is 0 Å². The molecule has 10 nitrogen and oxygen atoms in total. The summed E-state index contributed by atoms with van der Waals surface area (Å²) in [6.45, 7) is 3.42. The molecule has 4 rings (SSSR count). The molecular weight excluding hydrogens is 460 g/mol. The third kappa shape index (κ3) is 4.29. The number of carbonyl (C=O) groups is 3. The number of esters is 3. The average molecular weight is 483 g/mol. The van der Waals surface area contributed by atoms with Gasteiger partial charge < -0.3 is 24.5 Å². The number of nitrogens with two attached hydrogens (primary N) is 1. The van der Waals surface area contributed by atoms with Crippen molar-refractivity contribution in [3.63, 3.8) is 0 Å². The maximum atomic E-state index is 12.5. The van der Waals surface area contributed by atoms with E-state index in [0.29, 0.717) is 37.1 Å². The summed E-state index contributed by atoms with van der Waals surface area (Å²) in [5.41, 5.74) is 7.81. The highest BCUT2D eigenvalue weighted by Crippen LogP contribution is 2.33. The Balaban J connectivity index is 1.52. The highest BCUT2D eigenvalue weighted by Gasteiger charge is 2.21. The molecular formula is C23H22N4O6S. The highest BCUT2D eigenvalue weighted by molar-refractivity contribution is 7.20. The van der Waals surface area contributed by atoms with Gasteiger partial charge in [0.15, 0.2) is 12.4 Å². The highest BCUT2D eigenvalue weighted by atomic mass is 32.1. The molecule has 0 unspecified atom stereocenters. The molecule has 0 saturated carbocycles. The van der Waals surface area contributed by atoms with Crippen molar-refractivity contribution in [3.05, 3.63) is 52.3 Å². The number of benzene rings is 1.